The maximum absolute atomic E-state index is 12.6. The molecular formula is C18H32N2O7. The Labute approximate surface area is 160 Å². The number of carbonyl (C=O) groups excluding carboxylic acids is 2. The highest BCUT2D eigenvalue weighted by Crippen LogP contribution is 2.19. The van der Waals surface area contributed by atoms with Crippen molar-refractivity contribution in [1.82, 2.24) is 9.80 Å². The van der Waals surface area contributed by atoms with Gasteiger partial charge in [0.2, 0.25) is 0 Å². The summed E-state index contributed by atoms with van der Waals surface area (Å²) in [5.74, 6) is -1.34. The zero-order valence-corrected chi connectivity index (χ0v) is 17.0. The van der Waals surface area contributed by atoms with E-state index in [1.807, 2.05) is 0 Å². The summed E-state index contributed by atoms with van der Waals surface area (Å²) in [6.45, 7) is 10.6. The molecule has 9 heteroatoms. The number of hydrogen-bond acceptors (Lipinski definition) is 7. The van der Waals surface area contributed by atoms with Crippen molar-refractivity contribution in [3.8, 4) is 0 Å². The SMILES string of the molecule is CC(C)(C)OC(=O)N(C(=O)OC(C)(C)C)C(CN1CCC(O)CC1)C(=O)O. The van der Waals surface area contributed by atoms with Gasteiger partial charge in [-0.2, -0.15) is 4.90 Å². The Hall–Kier alpha value is -1.87. The van der Waals surface area contributed by atoms with Crippen LogP contribution in [-0.2, 0) is 14.3 Å². The standard InChI is InChI=1S/C18H32N2O7/c1-17(2,3)26-15(24)20(16(25)27-18(4,5)6)13(14(22)23)11-19-9-7-12(21)8-10-19/h12-13,21H,7-11H2,1-6H3,(H,22,23). The Balaban J connectivity index is 3.08. The molecule has 2 N–H and O–H groups in total. The normalized spacial score (nSPS) is 17.9. The maximum Gasteiger partial charge on any atom is 0.420 e. The molecule has 1 aliphatic rings. The molecule has 0 aliphatic carbocycles. The molecule has 0 aromatic carbocycles. The summed E-state index contributed by atoms with van der Waals surface area (Å²) in [4.78, 5) is 39.4. The van der Waals surface area contributed by atoms with E-state index in [9.17, 15) is 24.6 Å². The molecule has 1 heterocycles. The quantitative estimate of drug-likeness (QED) is 0.752. The number of rotatable bonds is 4. The number of imide groups is 1. The fourth-order valence-electron chi connectivity index (χ4n) is 2.57. The number of hydrogen-bond donors (Lipinski definition) is 2. The number of aliphatic hydroxyl groups excluding tert-OH is 1. The molecule has 1 unspecified atom stereocenters. The molecule has 0 aromatic heterocycles. The molecule has 1 aliphatic heterocycles. The molecule has 27 heavy (non-hydrogen) atoms. The number of nitrogens with zero attached hydrogens (tertiary/aromatic N) is 2. The Bertz CT molecular complexity index is 515. The lowest BCUT2D eigenvalue weighted by Crippen LogP contribution is -2.56. The van der Waals surface area contributed by atoms with Gasteiger partial charge in [0.15, 0.2) is 6.04 Å². The van der Waals surface area contributed by atoms with Crippen LogP contribution in [0.4, 0.5) is 9.59 Å². The van der Waals surface area contributed by atoms with E-state index >= 15 is 0 Å². The number of ether oxygens (including phenoxy) is 2. The molecule has 0 radical (unpaired) electrons. The van der Waals surface area contributed by atoms with Gasteiger partial charge in [-0.05, 0) is 54.4 Å². The maximum atomic E-state index is 12.6. The molecule has 0 spiro atoms. The van der Waals surface area contributed by atoms with Crippen molar-refractivity contribution in [3.05, 3.63) is 0 Å². The molecule has 2 amide bonds. The number of carbonyl (C=O) groups is 3. The van der Waals surface area contributed by atoms with Gasteiger partial charge in [0, 0.05) is 19.6 Å². The third-order valence-electron chi connectivity index (χ3n) is 3.77. The number of amides is 2. The minimum atomic E-state index is -1.47. The largest absolute Gasteiger partial charge is 0.480 e. The molecule has 0 saturated carbocycles. The second-order valence-electron chi connectivity index (χ2n) is 8.72. The fraction of sp³-hybridized carbons (Fsp3) is 0.833. The van der Waals surface area contributed by atoms with Crippen LogP contribution in [0.2, 0.25) is 0 Å². The van der Waals surface area contributed by atoms with E-state index in [1.54, 1.807) is 46.4 Å². The highest BCUT2D eigenvalue weighted by atomic mass is 16.6. The zero-order chi connectivity index (χ0) is 21.0. The van der Waals surface area contributed by atoms with Crippen LogP contribution in [0.5, 0.6) is 0 Å². The van der Waals surface area contributed by atoms with Crippen LogP contribution < -0.4 is 0 Å². The third-order valence-corrected chi connectivity index (χ3v) is 3.77. The summed E-state index contributed by atoms with van der Waals surface area (Å²) in [6, 6.07) is -1.47. The smallest absolute Gasteiger partial charge is 0.420 e. The van der Waals surface area contributed by atoms with Gasteiger partial charge >= 0.3 is 18.2 Å². The van der Waals surface area contributed by atoms with Crippen LogP contribution in [0.1, 0.15) is 54.4 Å². The summed E-state index contributed by atoms with van der Waals surface area (Å²) in [5, 5.41) is 19.3. The minimum Gasteiger partial charge on any atom is -0.480 e. The van der Waals surface area contributed by atoms with E-state index < -0.39 is 41.5 Å². The number of piperidine rings is 1. The van der Waals surface area contributed by atoms with E-state index in [2.05, 4.69) is 0 Å². The first kappa shape index (κ1) is 23.2. The summed E-state index contributed by atoms with van der Waals surface area (Å²) < 4.78 is 10.5. The monoisotopic (exact) mass is 388 g/mol. The van der Waals surface area contributed by atoms with Gasteiger partial charge < -0.3 is 24.6 Å². The molecule has 0 bridgehead atoms. The Morgan fingerprint density at radius 3 is 1.74 bits per heavy atom. The van der Waals surface area contributed by atoms with E-state index in [-0.39, 0.29) is 6.54 Å². The summed E-state index contributed by atoms with van der Waals surface area (Å²) in [6.07, 6.45) is -1.55. The minimum absolute atomic E-state index is 0.0689. The summed E-state index contributed by atoms with van der Waals surface area (Å²) in [5.41, 5.74) is -1.81. The van der Waals surface area contributed by atoms with Crippen molar-refractivity contribution >= 4 is 18.2 Å². The molecule has 1 saturated heterocycles. The number of carboxylic acids is 1. The van der Waals surface area contributed by atoms with Crippen molar-refractivity contribution in [2.75, 3.05) is 19.6 Å². The zero-order valence-electron chi connectivity index (χ0n) is 17.0. The highest BCUT2D eigenvalue weighted by Gasteiger charge is 2.41. The molecule has 9 nitrogen and oxygen atoms in total. The van der Waals surface area contributed by atoms with Crippen LogP contribution in [0.25, 0.3) is 0 Å². The van der Waals surface area contributed by atoms with Gasteiger partial charge in [0.1, 0.15) is 11.2 Å². The van der Waals surface area contributed by atoms with Crippen LogP contribution in [0, 0.1) is 0 Å². The fourth-order valence-corrected chi connectivity index (χ4v) is 2.57. The third kappa shape index (κ3) is 8.13. The molecule has 1 atom stereocenters. The van der Waals surface area contributed by atoms with Crippen molar-refractivity contribution in [2.45, 2.75) is 77.7 Å². The summed E-state index contributed by atoms with van der Waals surface area (Å²) >= 11 is 0. The van der Waals surface area contributed by atoms with Gasteiger partial charge in [0.05, 0.1) is 6.10 Å². The predicted molar refractivity (Wildman–Crippen MR) is 97.4 cm³/mol. The lowest BCUT2D eigenvalue weighted by atomic mass is 10.1. The first-order chi connectivity index (χ1) is 12.2. The molecule has 0 aromatic rings. The van der Waals surface area contributed by atoms with Gasteiger partial charge in [-0.1, -0.05) is 0 Å². The predicted octanol–water partition coefficient (Wildman–Crippen LogP) is 2.07. The van der Waals surface area contributed by atoms with Gasteiger partial charge in [0.25, 0.3) is 0 Å². The Morgan fingerprint density at radius 1 is 1.00 bits per heavy atom. The van der Waals surface area contributed by atoms with Gasteiger partial charge in [-0.15, -0.1) is 0 Å². The summed E-state index contributed by atoms with van der Waals surface area (Å²) in [7, 11) is 0. The Kier molecular flexibility index (Phi) is 7.62. The van der Waals surface area contributed by atoms with Gasteiger partial charge in [-0.3, -0.25) is 0 Å². The first-order valence-corrected chi connectivity index (χ1v) is 9.08. The lowest BCUT2D eigenvalue weighted by molar-refractivity contribution is -0.144. The second kappa shape index (κ2) is 8.88. The average molecular weight is 388 g/mol. The van der Waals surface area contributed by atoms with Crippen molar-refractivity contribution < 1.29 is 34.1 Å². The van der Waals surface area contributed by atoms with Crippen molar-refractivity contribution in [1.29, 1.82) is 0 Å². The van der Waals surface area contributed by atoms with Crippen molar-refractivity contribution in [3.63, 3.8) is 0 Å². The number of likely N-dealkylation sites (tertiary alicyclic amines) is 1. The van der Waals surface area contributed by atoms with Crippen LogP contribution in [0.3, 0.4) is 0 Å². The molecule has 156 valence electrons. The second-order valence-corrected chi connectivity index (χ2v) is 8.72. The molecular weight excluding hydrogens is 356 g/mol. The number of aliphatic carboxylic acids is 1. The topological polar surface area (TPSA) is 117 Å². The number of carboxylic acid groups (broad SMARTS) is 1. The van der Waals surface area contributed by atoms with Crippen LogP contribution in [0.15, 0.2) is 0 Å². The van der Waals surface area contributed by atoms with E-state index in [1.165, 1.54) is 0 Å². The van der Waals surface area contributed by atoms with Crippen molar-refractivity contribution in [2.24, 2.45) is 0 Å². The van der Waals surface area contributed by atoms with Crippen LogP contribution in [-0.4, -0.2) is 81.2 Å². The number of aliphatic hydroxyl groups is 1. The Morgan fingerprint density at radius 2 is 1.41 bits per heavy atom. The molecule has 1 fully saturated rings. The highest BCUT2D eigenvalue weighted by molar-refractivity contribution is 5.93. The van der Waals surface area contributed by atoms with Gasteiger partial charge in [-0.25, -0.2) is 14.4 Å². The van der Waals surface area contributed by atoms with E-state index in [0.29, 0.717) is 30.8 Å². The lowest BCUT2D eigenvalue weighted by Gasteiger charge is -2.35. The van der Waals surface area contributed by atoms with E-state index in [0.717, 1.165) is 0 Å². The van der Waals surface area contributed by atoms with E-state index in [4.69, 9.17) is 9.47 Å². The average Bonchev–Trinajstić information content (AvgIpc) is 2.44. The molecule has 1 rings (SSSR count). The first-order valence-electron chi connectivity index (χ1n) is 9.08. The van der Waals surface area contributed by atoms with Crippen LogP contribution >= 0.6 is 0 Å².